The smallest absolute Gasteiger partial charge is 0.225 e. The summed E-state index contributed by atoms with van der Waals surface area (Å²) in [7, 11) is 1.97. The average molecular weight is 278 g/mol. The van der Waals surface area contributed by atoms with Crippen LogP contribution in [0.4, 0.5) is 0 Å². The van der Waals surface area contributed by atoms with Gasteiger partial charge in [0.2, 0.25) is 5.91 Å². The van der Waals surface area contributed by atoms with E-state index in [2.05, 4.69) is 17.3 Å². The Morgan fingerprint density at radius 1 is 1.35 bits per heavy atom. The lowest BCUT2D eigenvalue weighted by Gasteiger charge is -2.29. The largest absolute Gasteiger partial charge is 0.340 e. The fourth-order valence-electron chi connectivity index (χ4n) is 2.86. The third kappa shape index (κ3) is 3.20. The Hall–Kier alpha value is -1.36. The molecular weight excluding hydrogens is 252 g/mol. The minimum absolute atomic E-state index is 0.0899. The van der Waals surface area contributed by atoms with Crippen molar-refractivity contribution in [2.45, 2.75) is 33.6 Å². The minimum Gasteiger partial charge on any atom is -0.340 e. The van der Waals surface area contributed by atoms with Gasteiger partial charge in [0.15, 0.2) is 0 Å². The van der Waals surface area contributed by atoms with Crippen molar-refractivity contribution >= 4 is 5.91 Å². The summed E-state index contributed by atoms with van der Waals surface area (Å²) >= 11 is 0. The van der Waals surface area contributed by atoms with E-state index < -0.39 is 0 Å². The SMILES string of the molecule is Cc1nn(C)c(C)c1CCC(C)C(=O)N1CCNCC1. The Balaban J connectivity index is 1.91. The van der Waals surface area contributed by atoms with Crippen molar-refractivity contribution in [1.82, 2.24) is 20.0 Å². The molecule has 5 heteroatoms. The van der Waals surface area contributed by atoms with Crippen LogP contribution in [0.1, 0.15) is 30.3 Å². The number of hydrogen-bond donors (Lipinski definition) is 1. The van der Waals surface area contributed by atoms with Gasteiger partial charge in [-0.3, -0.25) is 9.48 Å². The standard InChI is InChI=1S/C15H26N4O/c1-11(15(20)19-9-7-16-8-10-19)5-6-14-12(2)17-18(4)13(14)3/h11,16H,5-10H2,1-4H3. The summed E-state index contributed by atoms with van der Waals surface area (Å²) < 4.78 is 1.92. The summed E-state index contributed by atoms with van der Waals surface area (Å²) in [5, 5.41) is 7.72. The molecule has 1 aliphatic rings. The highest BCUT2D eigenvalue weighted by molar-refractivity contribution is 5.78. The van der Waals surface area contributed by atoms with Crippen LogP contribution in [0.5, 0.6) is 0 Å². The number of amides is 1. The normalized spacial score (nSPS) is 17.3. The lowest BCUT2D eigenvalue weighted by molar-refractivity contribution is -0.135. The summed E-state index contributed by atoms with van der Waals surface area (Å²) in [6.07, 6.45) is 1.83. The number of carbonyl (C=O) groups excluding carboxylic acids is 1. The van der Waals surface area contributed by atoms with Crippen LogP contribution in [0.2, 0.25) is 0 Å². The molecule has 1 unspecified atom stereocenters. The van der Waals surface area contributed by atoms with Gasteiger partial charge in [-0.05, 0) is 32.3 Å². The number of aryl methyl sites for hydroxylation is 2. The van der Waals surface area contributed by atoms with Gasteiger partial charge in [-0.15, -0.1) is 0 Å². The van der Waals surface area contributed by atoms with Gasteiger partial charge in [0.1, 0.15) is 0 Å². The molecule has 1 aliphatic heterocycles. The number of piperazine rings is 1. The lowest BCUT2D eigenvalue weighted by atomic mass is 9.98. The molecule has 1 aromatic rings. The van der Waals surface area contributed by atoms with Gasteiger partial charge in [0.25, 0.3) is 0 Å². The second-order valence-corrected chi connectivity index (χ2v) is 5.79. The Labute approximate surface area is 121 Å². The number of aromatic nitrogens is 2. The van der Waals surface area contributed by atoms with E-state index >= 15 is 0 Å². The molecular formula is C15H26N4O. The third-order valence-electron chi connectivity index (χ3n) is 4.34. The van der Waals surface area contributed by atoms with Gasteiger partial charge < -0.3 is 10.2 Å². The van der Waals surface area contributed by atoms with E-state index in [1.807, 2.05) is 30.5 Å². The Morgan fingerprint density at radius 2 is 2.00 bits per heavy atom. The van der Waals surface area contributed by atoms with Crippen LogP contribution in [-0.2, 0) is 18.3 Å². The van der Waals surface area contributed by atoms with E-state index in [1.54, 1.807) is 0 Å². The molecule has 0 aromatic carbocycles. The van der Waals surface area contributed by atoms with Crippen molar-refractivity contribution in [2.75, 3.05) is 26.2 Å². The second-order valence-electron chi connectivity index (χ2n) is 5.79. The fraction of sp³-hybridized carbons (Fsp3) is 0.733. The molecule has 0 aliphatic carbocycles. The van der Waals surface area contributed by atoms with Crippen molar-refractivity contribution in [2.24, 2.45) is 13.0 Å². The summed E-state index contributed by atoms with van der Waals surface area (Å²) in [5.41, 5.74) is 3.60. The quantitative estimate of drug-likeness (QED) is 0.895. The van der Waals surface area contributed by atoms with Gasteiger partial charge in [-0.1, -0.05) is 6.92 Å². The molecule has 1 fully saturated rings. The fourth-order valence-corrected chi connectivity index (χ4v) is 2.86. The van der Waals surface area contributed by atoms with E-state index in [1.165, 1.54) is 11.3 Å². The number of nitrogens with zero attached hydrogens (tertiary/aromatic N) is 3. The maximum absolute atomic E-state index is 12.4. The van der Waals surface area contributed by atoms with Crippen LogP contribution in [0.25, 0.3) is 0 Å². The van der Waals surface area contributed by atoms with Crippen LogP contribution < -0.4 is 5.32 Å². The monoisotopic (exact) mass is 278 g/mol. The van der Waals surface area contributed by atoms with Crippen LogP contribution in [0.3, 0.4) is 0 Å². The molecule has 2 heterocycles. The summed E-state index contributed by atoms with van der Waals surface area (Å²) in [6.45, 7) is 9.70. The highest BCUT2D eigenvalue weighted by Gasteiger charge is 2.22. The average Bonchev–Trinajstić information content (AvgIpc) is 2.70. The zero-order valence-corrected chi connectivity index (χ0v) is 13.1. The van der Waals surface area contributed by atoms with E-state index in [0.29, 0.717) is 5.91 Å². The molecule has 1 saturated heterocycles. The lowest BCUT2D eigenvalue weighted by Crippen LogP contribution is -2.48. The predicted molar refractivity (Wildman–Crippen MR) is 79.6 cm³/mol. The van der Waals surface area contributed by atoms with Crippen molar-refractivity contribution in [3.63, 3.8) is 0 Å². The Morgan fingerprint density at radius 3 is 2.55 bits per heavy atom. The first-order valence-corrected chi connectivity index (χ1v) is 7.49. The molecule has 0 saturated carbocycles. The summed E-state index contributed by atoms with van der Waals surface area (Å²) in [4.78, 5) is 14.4. The second kappa shape index (κ2) is 6.39. The maximum Gasteiger partial charge on any atom is 0.225 e. The van der Waals surface area contributed by atoms with Gasteiger partial charge in [-0.2, -0.15) is 5.10 Å². The van der Waals surface area contributed by atoms with Crippen molar-refractivity contribution < 1.29 is 4.79 Å². The number of nitrogens with one attached hydrogen (secondary N) is 1. The van der Waals surface area contributed by atoms with E-state index in [-0.39, 0.29) is 5.92 Å². The first-order chi connectivity index (χ1) is 9.50. The van der Waals surface area contributed by atoms with Gasteiger partial charge >= 0.3 is 0 Å². The molecule has 1 amide bonds. The molecule has 1 aromatic heterocycles. The predicted octanol–water partition coefficient (Wildman–Crippen LogP) is 1.04. The molecule has 5 nitrogen and oxygen atoms in total. The highest BCUT2D eigenvalue weighted by Crippen LogP contribution is 2.18. The van der Waals surface area contributed by atoms with E-state index in [0.717, 1.165) is 44.7 Å². The van der Waals surface area contributed by atoms with E-state index in [4.69, 9.17) is 0 Å². The van der Waals surface area contributed by atoms with Crippen LogP contribution in [0.15, 0.2) is 0 Å². The molecule has 1 N–H and O–H groups in total. The zero-order chi connectivity index (χ0) is 14.7. The molecule has 1 atom stereocenters. The Bertz CT molecular complexity index is 474. The Kier molecular flexibility index (Phi) is 4.81. The van der Waals surface area contributed by atoms with Gasteiger partial charge in [-0.25, -0.2) is 0 Å². The summed E-state index contributed by atoms with van der Waals surface area (Å²) in [6, 6.07) is 0. The van der Waals surface area contributed by atoms with Crippen molar-refractivity contribution in [3.05, 3.63) is 17.0 Å². The zero-order valence-electron chi connectivity index (χ0n) is 13.1. The summed E-state index contributed by atoms with van der Waals surface area (Å²) in [5.74, 6) is 0.387. The molecule has 112 valence electrons. The van der Waals surface area contributed by atoms with Crippen LogP contribution in [-0.4, -0.2) is 46.8 Å². The van der Waals surface area contributed by atoms with Crippen molar-refractivity contribution in [1.29, 1.82) is 0 Å². The number of hydrogen-bond acceptors (Lipinski definition) is 3. The number of carbonyl (C=O) groups is 1. The first kappa shape index (κ1) is 15.0. The number of rotatable bonds is 4. The van der Waals surface area contributed by atoms with Crippen molar-refractivity contribution in [3.8, 4) is 0 Å². The van der Waals surface area contributed by atoms with E-state index in [9.17, 15) is 4.79 Å². The maximum atomic E-state index is 12.4. The minimum atomic E-state index is 0.0899. The molecule has 20 heavy (non-hydrogen) atoms. The molecule has 0 spiro atoms. The molecule has 0 bridgehead atoms. The van der Waals surface area contributed by atoms with Gasteiger partial charge in [0, 0.05) is 44.8 Å². The molecule has 2 rings (SSSR count). The van der Waals surface area contributed by atoms with Gasteiger partial charge in [0.05, 0.1) is 5.69 Å². The topological polar surface area (TPSA) is 50.2 Å². The van der Waals surface area contributed by atoms with Crippen LogP contribution in [0, 0.1) is 19.8 Å². The third-order valence-corrected chi connectivity index (χ3v) is 4.34. The first-order valence-electron chi connectivity index (χ1n) is 7.49. The highest BCUT2D eigenvalue weighted by atomic mass is 16.2. The van der Waals surface area contributed by atoms with Crippen LogP contribution >= 0.6 is 0 Å². The molecule has 0 radical (unpaired) electrons.